The van der Waals surface area contributed by atoms with Crippen LogP contribution in [0.3, 0.4) is 0 Å². The summed E-state index contributed by atoms with van der Waals surface area (Å²) in [5, 5.41) is 0. The molecule has 3 aromatic rings. The molecular weight excluding hydrogens is 380 g/mol. The highest BCUT2D eigenvalue weighted by molar-refractivity contribution is 5.74. The van der Waals surface area contributed by atoms with Crippen LogP contribution in [0.15, 0.2) is 66.7 Å². The van der Waals surface area contributed by atoms with E-state index in [1.165, 1.54) is 27.8 Å². The molecule has 0 fully saturated rings. The number of rotatable bonds is 10. The maximum absolute atomic E-state index is 5.89. The minimum atomic E-state index is 0.579. The van der Waals surface area contributed by atoms with Crippen molar-refractivity contribution in [3.63, 3.8) is 0 Å². The Bertz CT molecular complexity index is 941. The molecule has 31 heavy (non-hydrogen) atoms. The fourth-order valence-corrected chi connectivity index (χ4v) is 3.35. The normalized spacial score (nSPS) is 12.9. The number of hydrogen-bond acceptors (Lipinski definition) is 2. The molecule has 0 amide bonds. The van der Waals surface area contributed by atoms with Gasteiger partial charge < -0.3 is 9.47 Å². The Morgan fingerprint density at radius 1 is 0.613 bits per heavy atom. The monoisotopic (exact) mass is 416 g/mol. The molecule has 164 valence electrons. The Balaban J connectivity index is 1.68. The second-order valence-corrected chi connectivity index (χ2v) is 8.73. The second-order valence-electron chi connectivity index (χ2n) is 8.73. The van der Waals surface area contributed by atoms with Gasteiger partial charge in [0.05, 0.1) is 13.2 Å². The van der Waals surface area contributed by atoms with Gasteiger partial charge in [0.2, 0.25) is 0 Å². The summed E-state index contributed by atoms with van der Waals surface area (Å²) in [7, 11) is 0. The molecule has 3 aromatic carbocycles. The molecule has 0 bridgehead atoms. The van der Waals surface area contributed by atoms with Crippen molar-refractivity contribution < 1.29 is 9.47 Å². The van der Waals surface area contributed by atoms with Gasteiger partial charge in [0.1, 0.15) is 11.5 Å². The lowest BCUT2D eigenvalue weighted by molar-refractivity contribution is 0.256. The molecule has 0 saturated carbocycles. The summed E-state index contributed by atoms with van der Waals surface area (Å²) in [4.78, 5) is 0. The predicted octanol–water partition coefficient (Wildman–Crippen LogP) is 8.18. The van der Waals surface area contributed by atoms with Crippen LogP contribution < -0.4 is 9.47 Å². The molecule has 0 spiro atoms. The van der Waals surface area contributed by atoms with Crippen LogP contribution in [-0.4, -0.2) is 13.2 Å². The van der Waals surface area contributed by atoms with Crippen LogP contribution in [0.1, 0.15) is 46.1 Å². The van der Waals surface area contributed by atoms with Gasteiger partial charge in [-0.2, -0.15) is 0 Å². The first-order valence-electron chi connectivity index (χ1n) is 11.6. The van der Waals surface area contributed by atoms with Crippen molar-refractivity contribution in [2.24, 2.45) is 11.8 Å². The van der Waals surface area contributed by atoms with Crippen LogP contribution in [0.2, 0.25) is 0 Å². The van der Waals surface area contributed by atoms with E-state index >= 15 is 0 Å². The summed E-state index contributed by atoms with van der Waals surface area (Å²) in [6.45, 7) is 12.5. The molecule has 0 unspecified atom stereocenters. The number of hydrogen-bond donors (Lipinski definition) is 0. The molecule has 0 aliphatic rings. The molecule has 0 radical (unpaired) electrons. The first-order chi connectivity index (χ1) is 15.0. The Labute approximate surface area is 188 Å². The average molecular weight is 417 g/mol. The lowest BCUT2D eigenvalue weighted by atomic mass is 9.95. The van der Waals surface area contributed by atoms with Crippen molar-refractivity contribution in [3.05, 3.63) is 72.3 Å². The van der Waals surface area contributed by atoms with Crippen molar-refractivity contribution in [1.82, 2.24) is 0 Å². The van der Waals surface area contributed by atoms with Crippen molar-refractivity contribution in [2.75, 3.05) is 13.2 Å². The zero-order valence-corrected chi connectivity index (χ0v) is 19.7. The third kappa shape index (κ3) is 6.37. The maximum Gasteiger partial charge on any atom is 0.119 e. The summed E-state index contributed by atoms with van der Waals surface area (Å²) < 4.78 is 11.8. The lowest BCUT2D eigenvalue weighted by Gasteiger charge is -2.13. The summed E-state index contributed by atoms with van der Waals surface area (Å²) in [6, 6.07) is 23.5. The molecule has 0 saturated heterocycles. The zero-order valence-electron chi connectivity index (χ0n) is 19.7. The van der Waals surface area contributed by atoms with E-state index in [9.17, 15) is 0 Å². The first-order valence-corrected chi connectivity index (χ1v) is 11.6. The van der Waals surface area contributed by atoms with E-state index < -0.39 is 0 Å². The van der Waals surface area contributed by atoms with Crippen molar-refractivity contribution >= 4 is 0 Å². The smallest absolute Gasteiger partial charge is 0.119 e. The minimum Gasteiger partial charge on any atom is -0.493 e. The molecule has 3 rings (SSSR count). The largest absolute Gasteiger partial charge is 0.493 e. The van der Waals surface area contributed by atoms with E-state index in [1.807, 2.05) is 0 Å². The van der Waals surface area contributed by atoms with Gasteiger partial charge in [-0.3, -0.25) is 0 Å². The fraction of sp³-hybridized carbons (Fsp3) is 0.379. The third-order valence-corrected chi connectivity index (χ3v) is 6.04. The van der Waals surface area contributed by atoms with Crippen LogP contribution in [0.4, 0.5) is 0 Å². The van der Waals surface area contributed by atoms with Crippen molar-refractivity contribution in [2.45, 2.75) is 47.5 Å². The summed E-state index contributed by atoms with van der Waals surface area (Å²) >= 11 is 0. The van der Waals surface area contributed by atoms with E-state index in [-0.39, 0.29) is 0 Å². The van der Waals surface area contributed by atoms with Gasteiger partial charge in [-0.25, -0.2) is 0 Å². The molecule has 0 aromatic heterocycles. The lowest BCUT2D eigenvalue weighted by Crippen LogP contribution is -2.07. The average Bonchev–Trinajstić information content (AvgIpc) is 2.81. The number of benzene rings is 3. The Morgan fingerprint density at radius 2 is 1.06 bits per heavy atom. The third-order valence-electron chi connectivity index (χ3n) is 6.04. The maximum atomic E-state index is 5.89. The Hall–Kier alpha value is -2.74. The molecule has 2 atom stereocenters. The molecular formula is C29H36O2. The standard InChI is InChI=1S/C29H36O2/c1-6-21(3)19-30-27-13-8-24(9-14-27)26-12-17-29(23(5)18-26)25-10-15-28(16-11-25)31-20-22(4)7-2/h8-18,21-22H,6-7,19-20H2,1-5H3/t21-,22-/m0/s1. The second kappa shape index (κ2) is 11.0. The highest BCUT2D eigenvalue weighted by Crippen LogP contribution is 2.30. The van der Waals surface area contributed by atoms with Crippen LogP contribution in [-0.2, 0) is 0 Å². The van der Waals surface area contributed by atoms with Crippen molar-refractivity contribution in [3.8, 4) is 33.8 Å². The van der Waals surface area contributed by atoms with Gasteiger partial charge in [0, 0.05) is 0 Å². The van der Waals surface area contributed by atoms with Gasteiger partial charge in [-0.15, -0.1) is 0 Å². The van der Waals surface area contributed by atoms with E-state index in [0.717, 1.165) is 37.6 Å². The minimum absolute atomic E-state index is 0.579. The summed E-state index contributed by atoms with van der Waals surface area (Å²) in [5.41, 5.74) is 6.17. The van der Waals surface area contributed by atoms with E-state index in [1.54, 1.807) is 0 Å². The van der Waals surface area contributed by atoms with Crippen LogP contribution in [0.25, 0.3) is 22.3 Å². The zero-order chi connectivity index (χ0) is 22.2. The molecule has 2 heteroatoms. The number of aryl methyl sites for hydroxylation is 1. The van der Waals surface area contributed by atoms with Gasteiger partial charge in [0.15, 0.2) is 0 Å². The van der Waals surface area contributed by atoms with Crippen LogP contribution in [0.5, 0.6) is 11.5 Å². The molecule has 0 N–H and O–H groups in total. The van der Waals surface area contributed by atoms with Gasteiger partial charge >= 0.3 is 0 Å². The van der Waals surface area contributed by atoms with Crippen LogP contribution in [0, 0.1) is 18.8 Å². The quantitative estimate of drug-likeness (QED) is 0.332. The predicted molar refractivity (Wildman–Crippen MR) is 132 cm³/mol. The molecule has 0 aliphatic carbocycles. The SMILES string of the molecule is CC[C@H](C)COc1ccc(-c2ccc(-c3ccc(OC[C@@H](C)CC)cc3)c(C)c2)cc1. The number of ether oxygens (including phenoxy) is 2. The van der Waals surface area contributed by atoms with E-state index in [4.69, 9.17) is 9.47 Å². The van der Waals surface area contributed by atoms with Gasteiger partial charge in [-0.1, -0.05) is 83.0 Å². The summed E-state index contributed by atoms with van der Waals surface area (Å²) in [6.07, 6.45) is 2.27. The topological polar surface area (TPSA) is 18.5 Å². The molecule has 0 heterocycles. The van der Waals surface area contributed by atoms with Crippen LogP contribution >= 0.6 is 0 Å². The Morgan fingerprint density at radius 3 is 1.52 bits per heavy atom. The van der Waals surface area contributed by atoms with Gasteiger partial charge in [0.25, 0.3) is 0 Å². The highest BCUT2D eigenvalue weighted by atomic mass is 16.5. The Kier molecular flexibility index (Phi) is 8.17. The first kappa shape index (κ1) is 22.9. The van der Waals surface area contributed by atoms with E-state index in [0.29, 0.717) is 11.8 Å². The van der Waals surface area contributed by atoms with E-state index in [2.05, 4.69) is 101 Å². The highest BCUT2D eigenvalue weighted by Gasteiger charge is 2.07. The molecule has 0 aliphatic heterocycles. The summed E-state index contributed by atoms with van der Waals surface area (Å²) in [5.74, 6) is 3.03. The van der Waals surface area contributed by atoms with Crippen molar-refractivity contribution in [1.29, 1.82) is 0 Å². The molecule has 2 nitrogen and oxygen atoms in total. The fourth-order valence-electron chi connectivity index (χ4n) is 3.35. The van der Waals surface area contributed by atoms with Gasteiger partial charge in [-0.05, 0) is 70.8 Å².